The van der Waals surface area contributed by atoms with Crippen molar-refractivity contribution in [2.24, 2.45) is 0 Å². The molecule has 0 saturated carbocycles. The molecule has 0 aliphatic carbocycles. The summed E-state index contributed by atoms with van der Waals surface area (Å²) >= 11 is 0. The number of aliphatic hydroxyl groups is 1. The third kappa shape index (κ3) is 5.01. The average Bonchev–Trinajstić information content (AvgIpc) is 3.26. The van der Waals surface area contributed by atoms with Crippen molar-refractivity contribution in [3.05, 3.63) is 41.5 Å². The number of aliphatic hydroxyl groups excluding tert-OH is 1. The van der Waals surface area contributed by atoms with E-state index in [2.05, 4.69) is 20.1 Å². The minimum atomic E-state index is -0.786. The van der Waals surface area contributed by atoms with Gasteiger partial charge in [-0.05, 0) is 44.9 Å². The summed E-state index contributed by atoms with van der Waals surface area (Å²) in [5.74, 6) is 2.46. The summed E-state index contributed by atoms with van der Waals surface area (Å²) in [6, 6.07) is 7.36. The first-order valence-electron chi connectivity index (χ1n) is 9.77. The lowest BCUT2D eigenvalue weighted by molar-refractivity contribution is 0.0688. The Morgan fingerprint density at radius 1 is 1.39 bits per heavy atom. The van der Waals surface area contributed by atoms with Crippen LogP contribution in [-0.4, -0.2) is 56.1 Å². The van der Waals surface area contributed by atoms with E-state index in [0.29, 0.717) is 12.3 Å². The van der Waals surface area contributed by atoms with Gasteiger partial charge in [-0.15, -0.1) is 10.2 Å². The van der Waals surface area contributed by atoms with Crippen LogP contribution in [0.1, 0.15) is 37.5 Å². The molecule has 1 aliphatic rings. The molecule has 2 N–H and O–H groups in total. The van der Waals surface area contributed by atoms with Gasteiger partial charge in [0.15, 0.2) is 5.82 Å². The molecule has 2 amide bonds. The van der Waals surface area contributed by atoms with E-state index in [9.17, 15) is 9.90 Å². The zero-order chi connectivity index (χ0) is 20.1. The molecule has 152 valence electrons. The van der Waals surface area contributed by atoms with E-state index in [4.69, 9.17) is 4.74 Å². The second-order valence-corrected chi connectivity index (χ2v) is 7.47. The number of nitrogens with one attached hydrogen (secondary N) is 1. The number of aromatic nitrogens is 3. The quantitative estimate of drug-likeness (QED) is 0.722. The number of nitrogens with zero attached hydrogens (tertiary/aromatic N) is 4. The molecular weight excluding hydrogens is 358 g/mol. The Labute approximate surface area is 165 Å². The fourth-order valence-electron chi connectivity index (χ4n) is 3.30. The Bertz CT molecular complexity index is 805. The van der Waals surface area contributed by atoms with Crippen molar-refractivity contribution in [2.45, 2.75) is 58.8 Å². The van der Waals surface area contributed by atoms with E-state index in [1.807, 2.05) is 45.0 Å². The monoisotopic (exact) mass is 387 g/mol. The van der Waals surface area contributed by atoms with Crippen LogP contribution in [-0.2, 0) is 19.5 Å². The smallest absolute Gasteiger partial charge is 0.318 e. The molecule has 1 atom stereocenters. The van der Waals surface area contributed by atoms with Crippen molar-refractivity contribution in [1.29, 1.82) is 0 Å². The minimum absolute atomic E-state index is 0.0577. The van der Waals surface area contributed by atoms with Gasteiger partial charge in [0.05, 0.1) is 13.1 Å². The zero-order valence-electron chi connectivity index (χ0n) is 16.8. The number of hydrogen-bond donors (Lipinski definition) is 2. The van der Waals surface area contributed by atoms with Crippen molar-refractivity contribution in [2.75, 3.05) is 13.2 Å². The van der Waals surface area contributed by atoms with Gasteiger partial charge in [0, 0.05) is 19.0 Å². The first-order chi connectivity index (χ1) is 13.4. The fourth-order valence-corrected chi connectivity index (χ4v) is 3.30. The Hall–Kier alpha value is -2.61. The third-order valence-electron chi connectivity index (χ3n) is 4.81. The third-order valence-corrected chi connectivity index (χ3v) is 4.81. The molecule has 0 radical (unpaired) electrons. The van der Waals surface area contributed by atoms with E-state index in [1.165, 1.54) is 0 Å². The van der Waals surface area contributed by atoms with E-state index >= 15 is 0 Å². The van der Waals surface area contributed by atoms with Crippen LogP contribution in [0.2, 0.25) is 0 Å². The maximum Gasteiger partial charge on any atom is 0.318 e. The highest BCUT2D eigenvalue weighted by molar-refractivity contribution is 5.74. The van der Waals surface area contributed by atoms with E-state index in [1.54, 1.807) is 4.90 Å². The molecule has 1 aromatic heterocycles. The molecular formula is C20H29N5O3. The molecule has 28 heavy (non-hydrogen) atoms. The number of amides is 2. The Kier molecular flexibility index (Phi) is 6.51. The highest BCUT2D eigenvalue weighted by atomic mass is 16.5. The summed E-state index contributed by atoms with van der Waals surface area (Å²) in [5, 5.41) is 21.6. The lowest BCUT2D eigenvalue weighted by Crippen LogP contribution is -2.48. The van der Waals surface area contributed by atoms with Gasteiger partial charge in [-0.2, -0.15) is 0 Å². The van der Waals surface area contributed by atoms with Crippen LogP contribution in [0.15, 0.2) is 24.3 Å². The van der Waals surface area contributed by atoms with Crippen molar-refractivity contribution in [1.82, 2.24) is 25.0 Å². The van der Waals surface area contributed by atoms with E-state index in [0.717, 1.165) is 36.6 Å². The van der Waals surface area contributed by atoms with Gasteiger partial charge in [0.2, 0.25) is 0 Å². The fraction of sp³-hybridized carbons (Fsp3) is 0.550. The predicted molar refractivity (Wildman–Crippen MR) is 105 cm³/mol. The van der Waals surface area contributed by atoms with Crippen LogP contribution in [0.5, 0.6) is 5.75 Å². The summed E-state index contributed by atoms with van der Waals surface area (Å²) in [6.07, 6.45) is 1.22. The Balaban J connectivity index is 1.50. The van der Waals surface area contributed by atoms with Gasteiger partial charge in [0.1, 0.15) is 24.3 Å². The van der Waals surface area contributed by atoms with Gasteiger partial charge in [-0.25, -0.2) is 4.79 Å². The van der Waals surface area contributed by atoms with Gasteiger partial charge in [0.25, 0.3) is 0 Å². The molecule has 1 aliphatic heterocycles. The Morgan fingerprint density at radius 2 is 2.21 bits per heavy atom. The number of rotatable bonds is 8. The lowest BCUT2D eigenvalue weighted by Gasteiger charge is -2.29. The molecule has 1 aromatic carbocycles. The Morgan fingerprint density at radius 3 is 2.96 bits per heavy atom. The highest BCUT2D eigenvalue weighted by Crippen LogP contribution is 2.14. The summed E-state index contributed by atoms with van der Waals surface area (Å²) in [6.45, 7) is 7.36. The molecule has 2 heterocycles. The zero-order valence-corrected chi connectivity index (χ0v) is 16.8. The second-order valence-electron chi connectivity index (χ2n) is 7.47. The van der Waals surface area contributed by atoms with Crippen molar-refractivity contribution in [3.8, 4) is 5.75 Å². The summed E-state index contributed by atoms with van der Waals surface area (Å²) in [4.78, 5) is 14.2. The van der Waals surface area contributed by atoms with E-state index in [-0.39, 0.29) is 25.2 Å². The van der Waals surface area contributed by atoms with Gasteiger partial charge in [-0.3, -0.25) is 0 Å². The van der Waals surface area contributed by atoms with E-state index < -0.39 is 6.10 Å². The predicted octanol–water partition coefficient (Wildman–Crippen LogP) is 1.89. The van der Waals surface area contributed by atoms with Crippen LogP contribution >= 0.6 is 0 Å². The molecule has 0 fully saturated rings. The average molecular weight is 387 g/mol. The largest absolute Gasteiger partial charge is 0.491 e. The molecule has 0 spiro atoms. The summed E-state index contributed by atoms with van der Waals surface area (Å²) in [5.41, 5.74) is 1.09. The molecule has 0 bridgehead atoms. The highest BCUT2D eigenvalue weighted by Gasteiger charge is 2.22. The van der Waals surface area contributed by atoms with Gasteiger partial charge in [-0.1, -0.05) is 12.1 Å². The molecule has 8 heteroatoms. The standard InChI is InChI=1S/C20H29N5O3/c1-14(2)25(12-16(26)13-28-17-7-4-6-15(3)10-17)20(27)21-11-19-23-22-18-8-5-9-24(18)19/h4,6-7,10,14,16,26H,5,8-9,11-13H2,1-3H3,(H,21,27). The molecule has 1 unspecified atom stereocenters. The number of aryl methyl sites for hydroxylation is 2. The maximum absolute atomic E-state index is 12.6. The number of benzene rings is 1. The maximum atomic E-state index is 12.6. The number of carbonyl (C=O) groups is 1. The molecule has 0 saturated heterocycles. The second kappa shape index (κ2) is 9.05. The molecule has 3 rings (SSSR count). The molecule has 2 aromatic rings. The van der Waals surface area contributed by atoms with Crippen molar-refractivity contribution in [3.63, 3.8) is 0 Å². The SMILES string of the molecule is Cc1cccc(OCC(O)CN(C(=O)NCc2nnc3n2CCC3)C(C)C)c1. The summed E-state index contributed by atoms with van der Waals surface area (Å²) < 4.78 is 7.71. The van der Waals surface area contributed by atoms with Crippen LogP contribution < -0.4 is 10.1 Å². The van der Waals surface area contributed by atoms with Crippen LogP contribution in [0.3, 0.4) is 0 Å². The summed E-state index contributed by atoms with van der Waals surface area (Å²) in [7, 11) is 0. The first kappa shape index (κ1) is 20.1. The van der Waals surface area contributed by atoms with Crippen molar-refractivity contribution >= 4 is 6.03 Å². The number of ether oxygens (including phenoxy) is 1. The number of hydrogen-bond acceptors (Lipinski definition) is 5. The van der Waals surface area contributed by atoms with Crippen LogP contribution in [0.4, 0.5) is 4.79 Å². The van der Waals surface area contributed by atoms with Gasteiger partial charge >= 0.3 is 6.03 Å². The first-order valence-corrected chi connectivity index (χ1v) is 9.77. The van der Waals surface area contributed by atoms with Crippen LogP contribution in [0, 0.1) is 6.92 Å². The number of fused-ring (bicyclic) bond motifs is 1. The normalized spacial score (nSPS) is 14.0. The van der Waals surface area contributed by atoms with Gasteiger partial charge < -0.3 is 24.6 Å². The lowest BCUT2D eigenvalue weighted by atomic mass is 10.2. The topological polar surface area (TPSA) is 92.5 Å². The minimum Gasteiger partial charge on any atom is -0.491 e. The number of carbonyl (C=O) groups excluding carboxylic acids is 1. The molecule has 8 nitrogen and oxygen atoms in total. The van der Waals surface area contributed by atoms with Crippen molar-refractivity contribution < 1.29 is 14.6 Å². The number of urea groups is 1. The van der Waals surface area contributed by atoms with Crippen LogP contribution in [0.25, 0.3) is 0 Å².